The second-order valence-corrected chi connectivity index (χ2v) is 5.44. The fraction of sp³-hybridized carbons (Fsp3) is 0.222. The van der Waals surface area contributed by atoms with Gasteiger partial charge in [0.15, 0.2) is 0 Å². The summed E-state index contributed by atoms with van der Waals surface area (Å²) in [6.45, 7) is 0. The fourth-order valence-electron chi connectivity index (χ4n) is 2.35. The van der Waals surface area contributed by atoms with Crippen molar-refractivity contribution in [2.75, 3.05) is 14.2 Å². The summed E-state index contributed by atoms with van der Waals surface area (Å²) in [5.41, 5.74) is 1.26. The van der Waals surface area contributed by atoms with Gasteiger partial charge in [-0.1, -0.05) is 29.8 Å². The lowest BCUT2D eigenvalue weighted by atomic mass is 10.1. The van der Waals surface area contributed by atoms with Crippen molar-refractivity contribution >= 4 is 17.5 Å². The zero-order valence-electron chi connectivity index (χ0n) is 13.4. The predicted octanol–water partition coefficient (Wildman–Crippen LogP) is 3.28. The average molecular weight is 345 g/mol. The number of nitrogens with one attached hydrogen (secondary N) is 1. The molecule has 0 unspecified atom stereocenters. The van der Waals surface area contributed by atoms with E-state index in [2.05, 4.69) is 11.4 Å². The fourth-order valence-corrected chi connectivity index (χ4v) is 2.55. The number of amides is 1. The third kappa shape index (κ3) is 4.18. The van der Waals surface area contributed by atoms with E-state index >= 15 is 0 Å². The molecule has 124 valence electrons. The molecule has 2 aromatic rings. The van der Waals surface area contributed by atoms with Crippen molar-refractivity contribution in [3.8, 4) is 17.6 Å². The molecule has 0 spiro atoms. The number of nitriles is 1. The second-order valence-electron chi connectivity index (χ2n) is 5.00. The molecule has 2 rings (SSSR count). The smallest absolute Gasteiger partial charge is 0.225 e. The number of halogens is 1. The molecule has 0 aliphatic carbocycles. The zero-order chi connectivity index (χ0) is 17.5. The number of hydrogen-bond acceptors (Lipinski definition) is 4. The molecule has 0 saturated heterocycles. The van der Waals surface area contributed by atoms with E-state index in [0.29, 0.717) is 27.6 Å². The van der Waals surface area contributed by atoms with Gasteiger partial charge in [0.2, 0.25) is 5.91 Å². The minimum atomic E-state index is -0.781. The molecular formula is C18H17ClN2O3. The van der Waals surface area contributed by atoms with Crippen LogP contribution in [-0.2, 0) is 11.2 Å². The Hall–Kier alpha value is -2.71. The number of carbonyl (C=O) groups excluding carboxylic acids is 1. The van der Waals surface area contributed by atoms with Crippen LogP contribution in [0.4, 0.5) is 0 Å². The Morgan fingerprint density at radius 2 is 1.83 bits per heavy atom. The van der Waals surface area contributed by atoms with Gasteiger partial charge in [0.1, 0.15) is 17.5 Å². The Bertz CT molecular complexity index is 749. The Labute approximate surface area is 145 Å². The lowest BCUT2D eigenvalue weighted by molar-refractivity contribution is -0.120. The monoisotopic (exact) mass is 344 g/mol. The summed E-state index contributed by atoms with van der Waals surface area (Å²) >= 11 is 5.94. The summed E-state index contributed by atoms with van der Waals surface area (Å²) in [7, 11) is 3.06. The molecule has 0 fully saturated rings. The van der Waals surface area contributed by atoms with Crippen molar-refractivity contribution in [2.45, 2.75) is 12.5 Å². The van der Waals surface area contributed by atoms with Crippen LogP contribution in [0.3, 0.4) is 0 Å². The number of ether oxygens (including phenoxy) is 2. The van der Waals surface area contributed by atoms with Crippen LogP contribution >= 0.6 is 11.6 Å². The Balaban J connectivity index is 2.17. The molecule has 1 amide bonds. The first-order valence-corrected chi connectivity index (χ1v) is 7.61. The molecule has 0 heterocycles. The number of carbonyl (C=O) groups is 1. The van der Waals surface area contributed by atoms with Gasteiger partial charge in [0, 0.05) is 10.6 Å². The van der Waals surface area contributed by atoms with Gasteiger partial charge in [0.25, 0.3) is 0 Å². The van der Waals surface area contributed by atoms with Gasteiger partial charge < -0.3 is 14.8 Å². The molecule has 0 bridgehead atoms. The minimum Gasteiger partial charge on any atom is -0.496 e. The highest BCUT2D eigenvalue weighted by Gasteiger charge is 2.18. The molecular weight excluding hydrogens is 328 g/mol. The Morgan fingerprint density at radius 3 is 2.38 bits per heavy atom. The molecule has 5 nitrogen and oxygen atoms in total. The van der Waals surface area contributed by atoms with Crippen molar-refractivity contribution < 1.29 is 14.3 Å². The summed E-state index contributed by atoms with van der Waals surface area (Å²) < 4.78 is 10.6. The maximum Gasteiger partial charge on any atom is 0.225 e. The standard InChI is InChI=1S/C18H17ClN2O3/c1-23-16-7-4-8-17(24-2)14(16)10-18(22)21-15(11-20)12-5-3-6-13(19)9-12/h3-9,15H,10H2,1-2H3,(H,21,22)/t15-/m1/s1. The van der Waals surface area contributed by atoms with Gasteiger partial charge in [-0.15, -0.1) is 0 Å². The first kappa shape index (κ1) is 17.6. The third-order valence-electron chi connectivity index (χ3n) is 3.48. The largest absolute Gasteiger partial charge is 0.496 e. The molecule has 1 N–H and O–H groups in total. The summed E-state index contributed by atoms with van der Waals surface area (Å²) in [6.07, 6.45) is 0.0337. The van der Waals surface area contributed by atoms with Crippen molar-refractivity contribution in [3.05, 3.63) is 58.6 Å². The molecule has 2 aromatic carbocycles. The molecule has 0 saturated carbocycles. The van der Waals surface area contributed by atoms with E-state index in [1.54, 1.807) is 42.5 Å². The highest BCUT2D eigenvalue weighted by atomic mass is 35.5. The Kier molecular flexibility index (Phi) is 6.05. The predicted molar refractivity (Wildman–Crippen MR) is 91.2 cm³/mol. The molecule has 6 heteroatoms. The lowest BCUT2D eigenvalue weighted by Crippen LogP contribution is -2.29. The van der Waals surface area contributed by atoms with Crippen LogP contribution in [0.25, 0.3) is 0 Å². The van der Waals surface area contributed by atoms with E-state index in [0.717, 1.165) is 0 Å². The molecule has 24 heavy (non-hydrogen) atoms. The maximum absolute atomic E-state index is 12.4. The topological polar surface area (TPSA) is 71.3 Å². The van der Waals surface area contributed by atoms with Crippen LogP contribution in [0.15, 0.2) is 42.5 Å². The number of benzene rings is 2. The number of methoxy groups -OCH3 is 2. The van der Waals surface area contributed by atoms with Gasteiger partial charge in [-0.05, 0) is 29.8 Å². The lowest BCUT2D eigenvalue weighted by Gasteiger charge is -2.15. The highest BCUT2D eigenvalue weighted by Crippen LogP contribution is 2.29. The van der Waals surface area contributed by atoms with E-state index in [1.165, 1.54) is 14.2 Å². The van der Waals surface area contributed by atoms with E-state index < -0.39 is 6.04 Å². The summed E-state index contributed by atoms with van der Waals surface area (Å²) in [5, 5.41) is 12.5. The highest BCUT2D eigenvalue weighted by molar-refractivity contribution is 6.30. The molecule has 0 aliphatic rings. The van der Waals surface area contributed by atoms with Gasteiger partial charge in [-0.3, -0.25) is 4.79 Å². The number of hydrogen-bond donors (Lipinski definition) is 1. The van der Waals surface area contributed by atoms with Crippen molar-refractivity contribution in [3.63, 3.8) is 0 Å². The first-order chi connectivity index (χ1) is 11.6. The molecule has 0 aromatic heterocycles. The van der Waals surface area contributed by atoms with Crippen LogP contribution in [0.2, 0.25) is 5.02 Å². The van der Waals surface area contributed by atoms with Gasteiger partial charge >= 0.3 is 0 Å². The summed E-state index contributed by atoms with van der Waals surface area (Å²) in [4.78, 5) is 12.4. The second kappa shape index (κ2) is 8.23. The van der Waals surface area contributed by atoms with Crippen LogP contribution in [0.5, 0.6) is 11.5 Å². The first-order valence-electron chi connectivity index (χ1n) is 7.23. The Morgan fingerprint density at radius 1 is 1.21 bits per heavy atom. The summed E-state index contributed by atoms with van der Waals surface area (Å²) in [5.74, 6) is 0.797. The molecule has 0 aliphatic heterocycles. The van der Waals surface area contributed by atoms with E-state index in [4.69, 9.17) is 21.1 Å². The summed E-state index contributed by atoms with van der Waals surface area (Å²) in [6, 6.07) is 13.4. The van der Waals surface area contributed by atoms with Gasteiger partial charge in [0.05, 0.1) is 26.7 Å². The van der Waals surface area contributed by atoms with Gasteiger partial charge in [-0.25, -0.2) is 0 Å². The SMILES string of the molecule is COc1cccc(OC)c1CC(=O)N[C@H](C#N)c1cccc(Cl)c1. The minimum absolute atomic E-state index is 0.0337. The van der Waals surface area contributed by atoms with Crippen LogP contribution < -0.4 is 14.8 Å². The van der Waals surface area contributed by atoms with Gasteiger partial charge in [-0.2, -0.15) is 5.26 Å². The number of nitrogens with zero attached hydrogens (tertiary/aromatic N) is 1. The van der Waals surface area contributed by atoms with E-state index in [1.807, 2.05) is 0 Å². The molecule has 0 radical (unpaired) electrons. The van der Waals surface area contributed by atoms with Crippen LogP contribution in [-0.4, -0.2) is 20.1 Å². The van der Waals surface area contributed by atoms with Crippen molar-refractivity contribution in [1.29, 1.82) is 5.26 Å². The van der Waals surface area contributed by atoms with Crippen LogP contribution in [0, 0.1) is 11.3 Å². The maximum atomic E-state index is 12.4. The van der Waals surface area contributed by atoms with Crippen molar-refractivity contribution in [1.82, 2.24) is 5.32 Å². The number of rotatable bonds is 6. The normalized spacial score (nSPS) is 11.2. The quantitative estimate of drug-likeness (QED) is 0.873. The third-order valence-corrected chi connectivity index (χ3v) is 3.72. The molecule has 1 atom stereocenters. The zero-order valence-corrected chi connectivity index (χ0v) is 14.1. The van der Waals surface area contributed by atoms with Crippen LogP contribution in [0.1, 0.15) is 17.2 Å². The van der Waals surface area contributed by atoms with E-state index in [-0.39, 0.29) is 12.3 Å². The van der Waals surface area contributed by atoms with Crippen molar-refractivity contribution in [2.24, 2.45) is 0 Å². The van der Waals surface area contributed by atoms with E-state index in [9.17, 15) is 10.1 Å². The average Bonchev–Trinajstić information content (AvgIpc) is 2.59.